The molecule has 0 spiro atoms. The molecular formula is C27H20N2. The number of benzene rings is 4. The Labute approximate surface area is 169 Å². The van der Waals surface area contributed by atoms with Gasteiger partial charge in [-0.15, -0.1) is 0 Å². The average Bonchev–Trinajstić information content (AvgIpc) is 3.01. The van der Waals surface area contributed by atoms with Crippen LogP contribution in [0, 0.1) is 0 Å². The van der Waals surface area contributed by atoms with Crippen molar-refractivity contribution in [2.24, 2.45) is 0 Å². The third-order valence-corrected chi connectivity index (χ3v) is 6.33. The van der Waals surface area contributed by atoms with Gasteiger partial charge in [-0.3, -0.25) is 0 Å². The summed E-state index contributed by atoms with van der Waals surface area (Å²) in [4.78, 5) is 9.58. The maximum absolute atomic E-state index is 4.82. The first kappa shape index (κ1) is 16.4. The van der Waals surface area contributed by atoms with Crippen molar-refractivity contribution in [3.63, 3.8) is 0 Å². The summed E-state index contributed by atoms with van der Waals surface area (Å²) in [6, 6.07) is 28.1. The van der Waals surface area contributed by atoms with Crippen molar-refractivity contribution in [1.82, 2.24) is 9.97 Å². The van der Waals surface area contributed by atoms with Crippen LogP contribution in [-0.2, 0) is 5.41 Å². The van der Waals surface area contributed by atoms with E-state index in [0.29, 0.717) is 0 Å². The first-order valence-electron chi connectivity index (χ1n) is 10.0. The van der Waals surface area contributed by atoms with Gasteiger partial charge in [-0.05, 0) is 27.1 Å². The van der Waals surface area contributed by atoms with E-state index in [0.717, 1.165) is 11.4 Å². The fourth-order valence-electron chi connectivity index (χ4n) is 5.09. The van der Waals surface area contributed by atoms with Crippen LogP contribution >= 0.6 is 0 Å². The first-order valence-corrected chi connectivity index (χ1v) is 10.0. The Bertz CT molecular complexity index is 1420. The molecule has 0 atom stereocenters. The molecule has 2 nitrogen and oxygen atoms in total. The molecule has 0 saturated heterocycles. The summed E-state index contributed by atoms with van der Waals surface area (Å²) in [5, 5.41) is 5.03. The molecule has 1 aliphatic carbocycles. The highest BCUT2D eigenvalue weighted by molar-refractivity contribution is 6.01. The van der Waals surface area contributed by atoms with Crippen molar-refractivity contribution < 1.29 is 0 Å². The molecule has 0 fully saturated rings. The maximum Gasteiger partial charge on any atom is 0.116 e. The molecule has 1 aromatic heterocycles. The van der Waals surface area contributed by atoms with Gasteiger partial charge in [0.2, 0.25) is 0 Å². The molecular weight excluding hydrogens is 352 g/mol. The fourth-order valence-corrected chi connectivity index (χ4v) is 5.09. The molecule has 1 aliphatic rings. The van der Waals surface area contributed by atoms with Crippen LogP contribution in [0.2, 0.25) is 0 Å². The Balaban J connectivity index is 1.71. The lowest BCUT2D eigenvalue weighted by molar-refractivity contribution is 0.663. The summed E-state index contributed by atoms with van der Waals surface area (Å²) in [5.41, 5.74) is 6.90. The zero-order valence-corrected chi connectivity index (χ0v) is 16.5. The average molecular weight is 372 g/mol. The van der Waals surface area contributed by atoms with Gasteiger partial charge >= 0.3 is 0 Å². The molecule has 138 valence electrons. The van der Waals surface area contributed by atoms with Crippen LogP contribution in [-0.4, -0.2) is 9.97 Å². The standard InChI is InChI=1S/C27H20N2/c1-27(2)23-20-12-6-4-9-18(20)14-15-22(23)26-24(27)25(28-16-29-26)21-13-7-10-17-8-3-5-11-19(17)21/h3-16H,1-2H3. The number of nitrogens with zero attached hydrogens (tertiary/aromatic N) is 2. The Hall–Kier alpha value is -3.52. The molecule has 0 aliphatic heterocycles. The first-order chi connectivity index (χ1) is 14.2. The SMILES string of the molecule is CC1(C)c2c(ncnc2-c2cccc3ccccc23)-c2ccc3ccccc3c21. The zero-order chi connectivity index (χ0) is 19.6. The van der Waals surface area contributed by atoms with Gasteiger partial charge in [0.25, 0.3) is 0 Å². The van der Waals surface area contributed by atoms with Crippen LogP contribution < -0.4 is 0 Å². The van der Waals surface area contributed by atoms with E-state index in [4.69, 9.17) is 9.97 Å². The highest BCUT2D eigenvalue weighted by atomic mass is 14.9. The van der Waals surface area contributed by atoms with Crippen LogP contribution in [0.5, 0.6) is 0 Å². The molecule has 0 unspecified atom stereocenters. The predicted octanol–water partition coefficient (Wildman–Crippen LogP) is 6.76. The lowest BCUT2D eigenvalue weighted by Crippen LogP contribution is -2.17. The normalized spacial score (nSPS) is 14.1. The summed E-state index contributed by atoms with van der Waals surface area (Å²) < 4.78 is 0. The van der Waals surface area contributed by atoms with E-state index < -0.39 is 0 Å². The Morgan fingerprint density at radius 3 is 1.97 bits per heavy atom. The summed E-state index contributed by atoms with van der Waals surface area (Å²) in [5.74, 6) is 0. The molecule has 1 heterocycles. The van der Waals surface area contributed by atoms with Gasteiger partial charge in [0.15, 0.2) is 0 Å². The second-order valence-electron chi connectivity index (χ2n) is 8.31. The third kappa shape index (κ3) is 2.17. The molecule has 2 heteroatoms. The smallest absolute Gasteiger partial charge is 0.116 e. The van der Waals surface area contributed by atoms with E-state index in [1.165, 1.54) is 43.8 Å². The maximum atomic E-state index is 4.82. The van der Waals surface area contributed by atoms with Crippen molar-refractivity contribution >= 4 is 21.5 Å². The van der Waals surface area contributed by atoms with E-state index >= 15 is 0 Å². The third-order valence-electron chi connectivity index (χ3n) is 6.33. The van der Waals surface area contributed by atoms with Crippen LogP contribution in [0.1, 0.15) is 25.0 Å². The van der Waals surface area contributed by atoms with E-state index in [1.54, 1.807) is 6.33 Å². The van der Waals surface area contributed by atoms with E-state index in [-0.39, 0.29) is 5.41 Å². The van der Waals surface area contributed by atoms with Crippen LogP contribution in [0.25, 0.3) is 44.1 Å². The molecule has 6 rings (SSSR count). The van der Waals surface area contributed by atoms with E-state index in [2.05, 4.69) is 92.7 Å². The number of aromatic nitrogens is 2. The van der Waals surface area contributed by atoms with Crippen molar-refractivity contribution in [3.8, 4) is 22.5 Å². The highest BCUT2D eigenvalue weighted by Gasteiger charge is 2.40. The monoisotopic (exact) mass is 372 g/mol. The number of hydrogen-bond acceptors (Lipinski definition) is 2. The zero-order valence-electron chi connectivity index (χ0n) is 16.5. The van der Waals surface area contributed by atoms with Gasteiger partial charge in [0.05, 0.1) is 11.4 Å². The quantitative estimate of drug-likeness (QED) is 0.325. The molecule has 0 amide bonds. The van der Waals surface area contributed by atoms with Gasteiger partial charge in [-0.2, -0.15) is 0 Å². The van der Waals surface area contributed by atoms with Gasteiger partial charge in [0.1, 0.15) is 6.33 Å². The molecule has 4 aromatic carbocycles. The van der Waals surface area contributed by atoms with Crippen molar-refractivity contribution in [2.75, 3.05) is 0 Å². The fraction of sp³-hybridized carbons (Fsp3) is 0.111. The van der Waals surface area contributed by atoms with Crippen molar-refractivity contribution in [1.29, 1.82) is 0 Å². The van der Waals surface area contributed by atoms with Gasteiger partial charge in [-0.1, -0.05) is 92.7 Å². The number of fused-ring (bicyclic) bond motifs is 6. The molecule has 5 aromatic rings. The largest absolute Gasteiger partial charge is 0.236 e. The lowest BCUT2D eigenvalue weighted by Gasteiger charge is -2.25. The molecule has 0 radical (unpaired) electrons. The van der Waals surface area contributed by atoms with Gasteiger partial charge in [0, 0.05) is 22.1 Å². The minimum atomic E-state index is -0.181. The van der Waals surface area contributed by atoms with Gasteiger partial charge < -0.3 is 0 Å². The minimum Gasteiger partial charge on any atom is -0.236 e. The second-order valence-corrected chi connectivity index (χ2v) is 8.31. The number of hydrogen-bond donors (Lipinski definition) is 0. The van der Waals surface area contributed by atoms with Crippen molar-refractivity contribution in [3.05, 3.63) is 96.3 Å². The predicted molar refractivity (Wildman–Crippen MR) is 120 cm³/mol. The van der Waals surface area contributed by atoms with Crippen molar-refractivity contribution in [2.45, 2.75) is 19.3 Å². The summed E-state index contributed by atoms with van der Waals surface area (Å²) >= 11 is 0. The molecule has 29 heavy (non-hydrogen) atoms. The Morgan fingerprint density at radius 2 is 1.17 bits per heavy atom. The van der Waals surface area contributed by atoms with E-state index in [9.17, 15) is 0 Å². The Morgan fingerprint density at radius 1 is 0.552 bits per heavy atom. The lowest BCUT2D eigenvalue weighted by atomic mass is 9.78. The summed E-state index contributed by atoms with van der Waals surface area (Å²) in [6.07, 6.45) is 1.72. The second kappa shape index (κ2) is 5.74. The number of rotatable bonds is 1. The van der Waals surface area contributed by atoms with Gasteiger partial charge in [-0.25, -0.2) is 9.97 Å². The minimum absolute atomic E-state index is 0.181. The molecule has 0 saturated carbocycles. The molecule has 0 N–H and O–H groups in total. The topological polar surface area (TPSA) is 25.8 Å². The van der Waals surface area contributed by atoms with Crippen LogP contribution in [0.3, 0.4) is 0 Å². The molecule has 0 bridgehead atoms. The van der Waals surface area contributed by atoms with E-state index in [1.807, 2.05) is 0 Å². The van der Waals surface area contributed by atoms with Crippen LogP contribution in [0.15, 0.2) is 85.2 Å². The highest BCUT2D eigenvalue weighted by Crippen LogP contribution is 2.53. The Kier molecular flexibility index (Phi) is 3.25. The van der Waals surface area contributed by atoms with Crippen LogP contribution in [0.4, 0.5) is 0 Å². The summed E-state index contributed by atoms with van der Waals surface area (Å²) in [7, 11) is 0. The summed E-state index contributed by atoms with van der Waals surface area (Å²) in [6.45, 7) is 4.62.